The molecule has 0 aliphatic rings. The highest BCUT2D eigenvalue weighted by Crippen LogP contribution is 2.05. The Labute approximate surface area is 151 Å². The number of hydrogen-bond acceptors (Lipinski definition) is 4. The highest BCUT2D eigenvalue weighted by molar-refractivity contribution is 5.93. The maximum atomic E-state index is 11.6. The van der Waals surface area contributed by atoms with Gasteiger partial charge in [0.25, 0.3) is 5.91 Å². The van der Waals surface area contributed by atoms with E-state index in [-0.39, 0.29) is 5.91 Å². The highest BCUT2D eigenvalue weighted by atomic mass is 16.1. The number of carbonyl (C=O) groups excluding carboxylic acids is 1. The van der Waals surface area contributed by atoms with E-state index in [4.69, 9.17) is 0 Å². The Morgan fingerprint density at radius 1 is 1.08 bits per heavy atom. The average Bonchev–Trinajstić information content (AvgIpc) is 3.11. The Morgan fingerprint density at radius 2 is 1.85 bits per heavy atom. The molecule has 0 unspecified atom stereocenters. The van der Waals surface area contributed by atoms with Crippen molar-refractivity contribution in [1.82, 2.24) is 30.5 Å². The van der Waals surface area contributed by atoms with Crippen LogP contribution in [0.5, 0.6) is 0 Å². The largest absolute Gasteiger partial charge is 0.355 e. The van der Waals surface area contributed by atoms with E-state index >= 15 is 0 Å². The molecular formula is C18H21N7O. The van der Waals surface area contributed by atoms with Crippen molar-refractivity contribution in [3.8, 4) is 0 Å². The second-order valence-electron chi connectivity index (χ2n) is 5.60. The molecule has 8 nitrogen and oxygen atoms in total. The molecule has 0 aliphatic carbocycles. The molecule has 0 saturated carbocycles. The van der Waals surface area contributed by atoms with E-state index in [1.807, 2.05) is 40.9 Å². The van der Waals surface area contributed by atoms with E-state index in [0.29, 0.717) is 24.6 Å². The first-order valence-electron chi connectivity index (χ1n) is 8.25. The van der Waals surface area contributed by atoms with E-state index in [0.717, 1.165) is 17.0 Å². The molecule has 0 bridgehead atoms. The summed E-state index contributed by atoms with van der Waals surface area (Å²) in [5.74, 6) is 1.37. The van der Waals surface area contributed by atoms with Crippen molar-refractivity contribution in [2.24, 2.45) is 4.99 Å². The topological polar surface area (TPSA) is 95.7 Å². The van der Waals surface area contributed by atoms with Gasteiger partial charge in [-0.05, 0) is 29.8 Å². The van der Waals surface area contributed by atoms with Gasteiger partial charge in [0.2, 0.25) is 0 Å². The van der Waals surface area contributed by atoms with Crippen LogP contribution < -0.4 is 16.0 Å². The summed E-state index contributed by atoms with van der Waals surface area (Å²) in [5, 5.41) is 17.4. The molecule has 3 aromatic rings. The maximum Gasteiger partial charge on any atom is 0.251 e. The third-order valence-electron chi connectivity index (χ3n) is 3.93. The SMILES string of the molecule is CN=C(NCc1ccc(C(=O)NC)cc1)NCc1nnc2ccccn12. The van der Waals surface area contributed by atoms with Gasteiger partial charge in [0.1, 0.15) is 0 Å². The molecule has 3 rings (SSSR count). The van der Waals surface area contributed by atoms with Crippen molar-refractivity contribution in [2.45, 2.75) is 13.1 Å². The predicted molar refractivity (Wildman–Crippen MR) is 99.9 cm³/mol. The minimum Gasteiger partial charge on any atom is -0.355 e. The Balaban J connectivity index is 1.56. The van der Waals surface area contributed by atoms with Gasteiger partial charge in [-0.25, -0.2) is 0 Å². The van der Waals surface area contributed by atoms with Crippen molar-refractivity contribution >= 4 is 17.5 Å². The lowest BCUT2D eigenvalue weighted by atomic mass is 10.1. The first-order chi connectivity index (χ1) is 12.7. The van der Waals surface area contributed by atoms with Crippen LogP contribution >= 0.6 is 0 Å². The standard InChI is InChI=1S/C18H21N7O/c1-19-17(26)14-8-6-13(7-9-14)11-21-18(20-2)22-12-16-24-23-15-5-3-4-10-25(15)16/h3-10H,11-12H2,1-2H3,(H,19,26)(H2,20,21,22). The van der Waals surface area contributed by atoms with E-state index < -0.39 is 0 Å². The van der Waals surface area contributed by atoms with Crippen LogP contribution in [0.15, 0.2) is 53.7 Å². The number of benzene rings is 1. The van der Waals surface area contributed by atoms with Gasteiger partial charge in [-0.1, -0.05) is 18.2 Å². The summed E-state index contributed by atoms with van der Waals surface area (Å²) in [5.41, 5.74) is 2.49. The summed E-state index contributed by atoms with van der Waals surface area (Å²) < 4.78 is 1.93. The summed E-state index contributed by atoms with van der Waals surface area (Å²) in [6.07, 6.45) is 1.93. The molecule has 1 aromatic carbocycles. The van der Waals surface area contributed by atoms with Crippen LogP contribution in [0.1, 0.15) is 21.7 Å². The minimum atomic E-state index is -0.0949. The summed E-state index contributed by atoms with van der Waals surface area (Å²) in [7, 11) is 3.33. The number of nitrogens with zero attached hydrogens (tertiary/aromatic N) is 4. The van der Waals surface area contributed by atoms with Crippen LogP contribution in [-0.4, -0.2) is 40.6 Å². The summed E-state index contributed by atoms with van der Waals surface area (Å²) in [4.78, 5) is 15.8. The van der Waals surface area contributed by atoms with Gasteiger partial charge in [-0.3, -0.25) is 14.2 Å². The Morgan fingerprint density at radius 3 is 2.58 bits per heavy atom. The van der Waals surface area contributed by atoms with Crippen LogP contribution in [0.2, 0.25) is 0 Å². The normalized spacial score (nSPS) is 11.4. The van der Waals surface area contributed by atoms with Crippen molar-refractivity contribution in [2.75, 3.05) is 14.1 Å². The Hall–Kier alpha value is -3.42. The van der Waals surface area contributed by atoms with Crippen LogP contribution in [0.3, 0.4) is 0 Å². The molecule has 0 saturated heterocycles. The van der Waals surface area contributed by atoms with Crippen LogP contribution in [0.25, 0.3) is 5.65 Å². The van der Waals surface area contributed by atoms with Gasteiger partial charge in [0.05, 0.1) is 6.54 Å². The third-order valence-corrected chi connectivity index (χ3v) is 3.93. The highest BCUT2D eigenvalue weighted by Gasteiger charge is 2.06. The molecule has 0 spiro atoms. The number of nitrogens with one attached hydrogen (secondary N) is 3. The lowest BCUT2D eigenvalue weighted by molar-refractivity contribution is 0.0963. The second-order valence-corrected chi connectivity index (χ2v) is 5.60. The number of amides is 1. The van der Waals surface area contributed by atoms with Gasteiger partial charge < -0.3 is 16.0 Å². The number of rotatable bonds is 5. The van der Waals surface area contributed by atoms with Crippen LogP contribution in [0, 0.1) is 0 Å². The van der Waals surface area contributed by atoms with Crippen molar-refractivity contribution < 1.29 is 4.79 Å². The average molecular weight is 351 g/mol. The zero-order valence-corrected chi connectivity index (χ0v) is 14.7. The van der Waals surface area contributed by atoms with Crippen molar-refractivity contribution in [3.05, 3.63) is 65.6 Å². The molecule has 0 aliphatic heterocycles. The van der Waals surface area contributed by atoms with Crippen molar-refractivity contribution in [1.29, 1.82) is 0 Å². The number of pyridine rings is 1. The van der Waals surface area contributed by atoms with Gasteiger partial charge in [-0.15, -0.1) is 10.2 Å². The summed E-state index contributed by atoms with van der Waals surface area (Å²) >= 11 is 0. The number of aromatic nitrogens is 3. The van der Waals surface area contributed by atoms with Gasteiger partial charge in [0.15, 0.2) is 17.4 Å². The molecule has 0 fully saturated rings. The first kappa shape index (κ1) is 17.4. The van der Waals surface area contributed by atoms with Crippen LogP contribution in [0.4, 0.5) is 0 Å². The van der Waals surface area contributed by atoms with E-state index in [1.54, 1.807) is 26.2 Å². The molecule has 8 heteroatoms. The molecule has 0 radical (unpaired) electrons. The second kappa shape index (κ2) is 8.11. The molecule has 2 aromatic heterocycles. The molecular weight excluding hydrogens is 330 g/mol. The molecule has 0 atom stereocenters. The molecule has 1 amide bonds. The Kier molecular flexibility index (Phi) is 5.43. The van der Waals surface area contributed by atoms with Gasteiger partial charge in [0, 0.05) is 32.4 Å². The Bertz CT molecular complexity index is 915. The molecule has 2 heterocycles. The molecule has 26 heavy (non-hydrogen) atoms. The fraction of sp³-hybridized carbons (Fsp3) is 0.222. The van der Waals surface area contributed by atoms with Crippen LogP contribution in [-0.2, 0) is 13.1 Å². The monoisotopic (exact) mass is 351 g/mol. The van der Waals surface area contributed by atoms with E-state index in [9.17, 15) is 4.79 Å². The quantitative estimate of drug-likeness (QED) is 0.470. The smallest absolute Gasteiger partial charge is 0.251 e. The lowest BCUT2D eigenvalue weighted by Crippen LogP contribution is -2.36. The predicted octanol–water partition coefficient (Wildman–Crippen LogP) is 0.954. The number of carbonyl (C=O) groups is 1. The molecule has 3 N–H and O–H groups in total. The number of aliphatic imine (C=N–C) groups is 1. The van der Waals surface area contributed by atoms with Crippen molar-refractivity contribution in [3.63, 3.8) is 0 Å². The fourth-order valence-electron chi connectivity index (χ4n) is 2.50. The third kappa shape index (κ3) is 3.97. The minimum absolute atomic E-state index is 0.0949. The number of fused-ring (bicyclic) bond motifs is 1. The van der Waals surface area contributed by atoms with E-state index in [1.165, 1.54) is 0 Å². The van der Waals surface area contributed by atoms with Gasteiger partial charge in [-0.2, -0.15) is 0 Å². The number of hydrogen-bond donors (Lipinski definition) is 3. The lowest BCUT2D eigenvalue weighted by Gasteiger charge is -2.11. The zero-order valence-electron chi connectivity index (χ0n) is 14.7. The maximum absolute atomic E-state index is 11.6. The van der Waals surface area contributed by atoms with E-state index in [2.05, 4.69) is 31.1 Å². The fourth-order valence-corrected chi connectivity index (χ4v) is 2.50. The van der Waals surface area contributed by atoms with Gasteiger partial charge >= 0.3 is 0 Å². The summed E-state index contributed by atoms with van der Waals surface area (Å²) in [6, 6.07) is 13.2. The first-order valence-corrected chi connectivity index (χ1v) is 8.25. The summed E-state index contributed by atoms with van der Waals surface area (Å²) in [6.45, 7) is 1.09. The zero-order chi connectivity index (χ0) is 18.4. The number of guanidine groups is 1. The molecule has 134 valence electrons.